The number of fused-ring (bicyclic) bond motifs is 1. The fourth-order valence-electron chi connectivity index (χ4n) is 4.42. The average molecular weight is 558 g/mol. The van der Waals surface area contributed by atoms with Gasteiger partial charge < -0.3 is 15.4 Å². The number of hydrogen-bond donors (Lipinski definition) is 2. The van der Waals surface area contributed by atoms with Crippen LogP contribution in [0.1, 0.15) is 19.4 Å². The first-order chi connectivity index (χ1) is 19.8. The Hall–Kier alpha value is -5.19. The van der Waals surface area contributed by atoms with E-state index in [2.05, 4.69) is 20.7 Å². The number of alkyl halides is 2. The number of nitrogens with one attached hydrogen (secondary N) is 2. The van der Waals surface area contributed by atoms with Crippen molar-refractivity contribution >= 4 is 34.1 Å². The lowest BCUT2D eigenvalue weighted by Crippen LogP contribution is -2.35. The highest BCUT2D eigenvalue weighted by molar-refractivity contribution is 6.16. The third-order valence-corrected chi connectivity index (χ3v) is 6.87. The monoisotopic (exact) mass is 557 g/mol. The summed E-state index contributed by atoms with van der Waals surface area (Å²) in [4.78, 5) is 30.1. The fourth-order valence-corrected chi connectivity index (χ4v) is 4.42. The van der Waals surface area contributed by atoms with Crippen molar-refractivity contribution in [2.24, 2.45) is 5.41 Å². The maximum absolute atomic E-state index is 13.1. The van der Waals surface area contributed by atoms with Gasteiger partial charge in [0.1, 0.15) is 22.7 Å². The maximum Gasteiger partial charge on any atom is 0.333 e. The van der Waals surface area contributed by atoms with Crippen LogP contribution in [0.4, 0.5) is 24.5 Å². The van der Waals surface area contributed by atoms with E-state index in [0.29, 0.717) is 62.6 Å². The Morgan fingerprint density at radius 2 is 1.54 bits per heavy atom. The van der Waals surface area contributed by atoms with E-state index >= 15 is 0 Å². The summed E-state index contributed by atoms with van der Waals surface area (Å²) in [5.74, 6) is -0.230. The second-order valence-corrected chi connectivity index (χ2v) is 9.62. The highest BCUT2D eigenvalue weighted by Gasteiger charge is 2.56. The van der Waals surface area contributed by atoms with Crippen LogP contribution >= 0.6 is 0 Å². The summed E-state index contributed by atoms with van der Waals surface area (Å²) >= 11 is 0. The van der Waals surface area contributed by atoms with Crippen LogP contribution < -0.4 is 15.4 Å². The van der Waals surface area contributed by atoms with Gasteiger partial charge in [-0.15, -0.1) is 0 Å². The number of ether oxygens (including phenoxy) is 1. The van der Waals surface area contributed by atoms with Crippen LogP contribution in [-0.4, -0.2) is 26.6 Å². The second kappa shape index (κ2) is 10.4. The van der Waals surface area contributed by atoms with Crippen LogP contribution in [0.15, 0.2) is 91.3 Å². The highest BCUT2D eigenvalue weighted by Crippen LogP contribution is 2.47. The number of rotatable bonds is 8. The minimum absolute atomic E-state index is 0.402. The summed E-state index contributed by atoms with van der Waals surface area (Å²) in [5.41, 5.74) is 1.38. The van der Waals surface area contributed by atoms with E-state index in [1.165, 1.54) is 36.5 Å². The van der Waals surface area contributed by atoms with Crippen LogP contribution in [0.5, 0.6) is 11.5 Å². The first kappa shape index (κ1) is 26.1. The zero-order valence-corrected chi connectivity index (χ0v) is 21.4. The summed E-state index contributed by atoms with van der Waals surface area (Å²) in [6.45, 7) is -2.72. The van der Waals surface area contributed by atoms with Crippen LogP contribution in [0.3, 0.4) is 0 Å². The van der Waals surface area contributed by atoms with Crippen LogP contribution in [0.25, 0.3) is 22.2 Å². The normalized spacial score (nSPS) is 13.7. The number of benzene rings is 3. The molecule has 3 aromatic carbocycles. The number of carbonyl (C=O) groups excluding carboxylic acids is 2. The molecule has 2 aromatic heterocycles. The predicted molar refractivity (Wildman–Crippen MR) is 146 cm³/mol. The van der Waals surface area contributed by atoms with Gasteiger partial charge in [0.15, 0.2) is 0 Å². The van der Waals surface area contributed by atoms with Gasteiger partial charge in [-0.1, -0.05) is 6.07 Å². The SMILES string of the molecule is O=C(Nc1ccc(F)cc1)C1(C(=O)Nc2ccc(Oc3ccnc4cc(-c5ccn(C(F)F)n5)ccc34)cc2)CC1. The molecule has 0 radical (unpaired) electrons. The molecular formula is C30H22F3N5O3. The van der Waals surface area contributed by atoms with E-state index in [1.807, 2.05) is 0 Å². The van der Waals surface area contributed by atoms with E-state index in [0.717, 1.165) is 0 Å². The number of pyridine rings is 1. The number of hydrogen-bond acceptors (Lipinski definition) is 5. The summed E-state index contributed by atoms with van der Waals surface area (Å²) in [6, 6.07) is 20.6. The van der Waals surface area contributed by atoms with Crippen LogP contribution in [0, 0.1) is 11.2 Å². The Bertz CT molecular complexity index is 1750. The van der Waals surface area contributed by atoms with Crippen molar-refractivity contribution in [3.8, 4) is 22.8 Å². The van der Waals surface area contributed by atoms with Gasteiger partial charge in [-0.05, 0) is 85.6 Å². The van der Waals surface area contributed by atoms with E-state index in [9.17, 15) is 22.8 Å². The van der Waals surface area contributed by atoms with Crippen molar-refractivity contribution in [2.45, 2.75) is 19.4 Å². The van der Waals surface area contributed by atoms with Crippen LogP contribution in [-0.2, 0) is 9.59 Å². The molecule has 5 aromatic rings. The van der Waals surface area contributed by atoms with Crippen molar-refractivity contribution in [1.82, 2.24) is 14.8 Å². The Labute approximate surface area is 231 Å². The largest absolute Gasteiger partial charge is 0.457 e. The minimum Gasteiger partial charge on any atom is -0.457 e. The molecule has 1 saturated carbocycles. The first-order valence-corrected chi connectivity index (χ1v) is 12.7. The molecular weight excluding hydrogens is 535 g/mol. The van der Waals surface area contributed by atoms with Crippen molar-refractivity contribution in [1.29, 1.82) is 0 Å². The van der Waals surface area contributed by atoms with Crippen LogP contribution in [0.2, 0.25) is 0 Å². The number of halogens is 3. The topological polar surface area (TPSA) is 98.1 Å². The standard InChI is InChI=1S/C30H22F3N5O3/c31-19-2-4-20(5-3-19)35-27(39)30(13-14-30)28(40)36-21-6-8-22(9-7-21)41-26-11-15-34-25-17-18(1-10-23(25)26)24-12-16-38(37-24)29(32)33/h1-12,15-17,29H,13-14H2,(H,35,39)(H,36,40). The zero-order chi connectivity index (χ0) is 28.6. The van der Waals surface area contributed by atoms with Gasteiger partial charge >= 0.3 is 6.55 Å². The molecule has 0 atom stereocenters. The molecule has 8 nitrogen and oxygen atoms in total. The summed E-state index contributed by atoms with van der Waals surface area (Å²) in [5, 5.41) is 10.1. The molecule has 1 aliphatic carbocycles. The van der Waals surface area contributed by atoms with Gasteiger partial charge in [0.2, 0.25) is 11.8 Å². The van der Waals surface area contributed by atoms with Gasteiger partial charge in [-0.2, -0.15) is 13.9 Å². The molecule has 0 spiro atoms. The molecule has 11 heteroatoms. The van der Waals surface area contributed by atoms with Gasteiger partial charge in [0.25, 0.3) is 0 Å². The Balaban J connectivity index is 1.12. The molecule has 206 valence electrons. The Kier molecular flexibility index (Phi) is 6.62. The van der Waals surface area contributed by atoms with Crippen molar-refractivity contribution in [2.75, 3.05) is 10.6 Å². The second-order valence-electron chi connectivity index (χ2n) is 9.62. The van der Waals surface area contributed by atoms with Gasteiger partial charge in [-0.3, -0.25) is 14.6 Å². The maximum atomic E-state index is 13.1. The lowest BCUT2D eigenvalue weighted by Gasteiger charge is -2.16. The molecule has 1 aliphatic rings. The molecule has 0 aliphatic heterocycles. The van der Waals surface area contributed by atoms with E-state index < -0.39 is 29.6 Å². The molecule has 0 saturated heterocycles. The lowest BCUT2D eigenvalue weighted by molar-refractivity contribution is -0.131. The minimum atomic E-state index is -2.72. The van der Waals surface area contributed by atoms with Crippen molar-refractivity contribution in [3.63, 3.8) is 0 Å². The van der Waals surface area contributed by atoms with Crippen molar-refractivity contribution < 1.29 is 27.5 Å². The lowest BCUT2D eigenvalue weighted by atomic mass is 10.0. The third kappa shape index (κ3) is 5.33. The predicted octanol–water partition coefficient (Wildman–Crippen LogP) is 6.78. The van der Waals surface area contributed by atoms with E-state index in [4.69, 9.17) is 4.74 Å². The molecule has 0 unspecified atom stereocenters. The molecule has 2 amide bonds. The molecule has 41 heavy (non-hydrogen) atoms. The summed E-state index contributed by atoms with van der Waals surface area (Å²) in [6.07, 6.45) is 3.63. The third-order valence-electron chi connectivity index (χ3n) is 6.87. The van der Waals surface area contributed by atoms with Crippen molar-refractivity contribution in [3.05, 3.63) is 97.1 Å². The quantitative estimate of drug-likeness (QED) is 0.205. The first-order valence-electron chi connectivity index (χ1n) is 12.7. The fraction of sp³-hybridized carbons (Fsp3) is 0.133. The number of carbonyl (C=O) groups is 2. The number of amides is 2. The Morgan fingerprint density at radius 3 is 2.15 bits per heavy atom. The molecule has 1 fully saturated rings. The average Bonchev–Trinajstić information content (AvgIpc) is 3.64. The number of nitrogens with zero attached hydrogens (tertiary/aromatic N) is 3. The molecule has 6 rings (SSSR count). The van der Waals surface area contributed by atoms with Gasteiger partial charge in [-0.25, -0.2) is 9.07 Å². The number of aromatic nitrogens is 3. The summed E-state index contributed by atoms with van der Waals surface area (Å²) in [7, 11) is 0. The molecule has 0 bridgehead atoms. The van der Waals surface area contributed by atoms with E-state index in [1.54, 1.807) is 54.7 Å². The van der Waals surface area contributed by atoms with Gasteiger partial charge in [0, 0.05) is 34.7 Å². The van der Waals surface area contributed by atoms with Gasteiger partial charge in [0.05, 0.1) is 11.2 Å². The zero-order valence-electron chi connectivity index (χ0n) is 21.4. The Morgan fingerprint density at radius 1 is 0.878 bits per heavy atom. The summed E-state index contributed by atoms with van der Waals surface area (Å²) < 4.78 is 45.6. The molecule has 2 heterocycles. The number of anilines is 2. The van der Waals surface area contributed by atoms with E-state index in [-0.39, 0.29) is 0 Å². The molecule has 2 N–H and O–H groups in total. The highest BCUT2D eigenvalue weighted by atomic mass is 19.3. The smallest absolute Gasteiger partial charge is 0.333 e.